The van der Waals surface area contributed by atoms with Crippen LogP contribution in [-0.2, 0) is 6.42 Å². The number of aromatic amines is 1. The number of rotatable bonds is 5. The van der Waals surface area contributed by atoms with Gasteiger partial charge in [-0.15, -0.1) is 5.10 Å². The smallest absolute Gasteiger partial charge is 0.210 e. The summed E-state index contributed by atoms with van der Waals surface area (Å²) in [6.45, 7) is 2.03. The van der Waals surface area contributed by atoms with E-state index in [-0.39, 0.29) is 11.1 Å². The van der Waals surface area contributed by atoms with E-state index in [4.69, 9.17) is 0 Å². The summed E-state index contributed by atoms with van der Waals surface area (Å²) in [4.78, 5) is 4.29. The Morgan fingerprint density at radius 3 is 2.67 bits per heavy atom. The summed E-state index contributed by atoms with van der Waals surface area (Å²) in [5, 5.41) is 16.3. The van der Waals surface area contributed by atoms with Gasteiger partial charge in [-0.3, -0.25) is 5.10 Å². The van der Waals surface area contributed by atoms with Crippen LogP contribution in [0, 0.1) is 24.1 Å². The van der Waals surface area contributed by atoms with E-state index in [1.807, 2.05) is 31.2 Å². The molecule has 1 heterocycles. The number of aromatic nitrogens is 3. The predicted molar refractivity (Wildman–Crippen MR) is 91.9 cm³/mol. The molecule has 0 fully saturated rings. The van der Waals surface area contributed by atoms with E-state index in [0.29, 0.717) is 23.0 Å². The number of thioether (sulfide) groups is 1. The monoisotopic (exact) mass is 338 g/mol. The van der Waals surface area contributed by atoms with Crippen LogP contribution in [0.2, 0.25) is 0 Å². The van der Waals surface area contributed by atoms with Gasteiger partial charge in [0.15, 0.2) is 5.82 Å². The number of hydrogen-bond acceptors (Lipinski definition) is 4. The molecule has 0 aliphatic heterocycles. The number of hydrogen-bond donors (Lipinski definition) is 1. The molecular formula is C18H15FN4S. The Labute approximate surface area is 143 Å². The lowest BCUT2D eigenvalue weighted by Crippen LogP contribution is -2.04. The summed E-state index contributed by atoms with van der Waals surface area (Å²) < 4.78 is 13.8. The van der Waals surface area contributed by atoms with E-state index < -0.39 is 0 Å². The first-order chi connectivity index (χ1) is 11.7. The summed E-state index contributed by atoms with van der Waals surface area (Å²) in [5.41, 5.74) is 2.64. The molecule has 1 atom stereocenters. The Kier molecular flexibility index (Phi) is 4.92. The quantitative estimate of drug-likeness (QED) is 0.710. The molecule has 0 amide bonds. The second-order valence-electron chi connectivity index (χ2n) is 5.37. The molecule has 3 rings (SSSR count). The van der Waals surface area contributed by atoms with Crippen LogP contribution >= 0.6 is 11.8 Å². The van der Waals surface area contributed by atoms with Crippen molar-refractivity contribution in [1.29, 1.82) is 5.26 Å². The van der Waals surface area contributed by atoms with Crippen molar-refractivity contribution in [2.75, 3.05) is 0 Å². The number of nitrogens with zero attached hydrogens (tertiary/aromatic N) is 3. The normalized spacial score (nSPS) is 11.9. The van der Waals surface area contributed by atoms with Crippen molar-refractivity contribution in [3.8, 4) is 17.5 Å². The molecule has 0 aliphatic carbocycles. The molecule has 1 aromatic heterocycles. The molecular weight excluding hydrogens is 323 g/mol. The van der Waals surface area contributed by atoms with Crippen LogP contribution in [0.25, 0.3) is 11.4 Å². The highest BCUT2D eigenvalue weighted by Gasteiger charge is 2.16. The zero-order chi connectivity index (χ0) is 16.9. The van der Waals surface area contributed by atoms with Gasteiger partial charge < -0.3 is 0 Å². The molecule has 120 valence electrons. The average Bonchev–Trinajstić information content (AvgIpc) is 3.05. The maximum atomic E-state index is 13.8. The molecule has 0 bridgehead atoms. The topological polar surface area (TPSA) is 65.4 Å². The number of H-pyrrole nitrogens is 1. The average molecular weight is 338 g/mol. The van der Waals surface area contributed by atoms with Gasteiger partial charge in [-0.05, 0) is 31.0 Å². The maximum Gasteiger partial charge on any atom is 0.210 e. The zero-order valence-electron chi connectivity index (χ0n) is 13.0. The Morgan fingerprint density at radius 1 is 1.21 bits per heavy atom. The molecule has 1 unspecified atom stereocenters. The summed E-state index contributed by atoms with van der Waals surface area (Å²) in [6, 6.07) is 16.7. The minimum absolute atomic E-state index is 0.308. The van der Waals surface area contributed by atoms with Gasteiger partial charge >= 0.3 is 0 Å². The first kappa shape index (κ1) is 16.2. The summed E-state index contributed by atoms with van der Waals surface area (Å²) in [5.74, 6) is 0.00399. The van der Waals surface area contributed by atoms with Crippen LogP contribution < -0.4 is 0 Å². The van der Waals surface area contributed by atoms with Crippen LogP contribution in [0.15, 0.2) is 53.7 Å². The van der Waals surface area contributed by atoms with Crippen LogP contribution in [0.3, 0.4) is 0 Å². The van der Waals surface area contributed by atoms with Gasteiger partial charge in [-0.25, -0.2) is 9.37 Å². The first-order valence-electron chi connectivity index (χ1n) is 7.45. The van der Waals surface area contributed by atoms with Crippen LogP contribution in [-0.4, -0.2) is 20.4 Å². The van der Waals surface area contributed by atoms with Gasteiger partial charge in [0.2, 0.25) is 5.16 Å². The summed E-state index contributed by atoms with van der Waals surface area (Å²) >= 11 is 1.27. The third-order valence-corrected chi connectivity index (χ3v) is 4.48. The van der Waals surface area contributed by atoms with Crippen molar-refractivity contribution >= 4 is 11.8 Å². The minimum Gasteiger partial charge on any atom is -0.258 e. The van der Waals surface area contributed by atoms with Gasteiger partial charge in [0, 0.05) is 0 Å². The van der Waals surface area contributed by atoms with Gasteiger partial charge in [-0.1, -0.05) is 53.7 Å². The van der Waals surface area contributed by atoms with E-state index in [0.717, 1.165) is 5.56 Å². The molecule has 0 radical (unpaired) electrons. The summed E-state index contributed by atoms with van der Waals surface area (Å²) in [7, 11) is 0. The van der Waals surface area contributed by atoms with Crippen molar-refractivity contribution in [3.63, 3.8) is 0 Å². The van der Waals surface area contributed by atoms with E-state index >= 15 is 0 Å². The van der Waals surface area contributed by atoms with E-state index in [2.05, 4.69) is 21.3 Å². The molecule has 0 spiro atoms. The molecule has 2 aromatic carbocycles. The molecule has 0 saturated heterocycles. The Bertz CT molecular complexity index is 867. The van der Waals surface area contributed by atoms with E-state index in [9.17, 15) is 9.65 Å². The van der Waals surface area contributed by atoms with Gasteiger partial charge in [-0.2, -0.15) is 5.26 Å². The van der Waals surface area contributed by atoms with Crippen LogP contribution in [0.5, 0.6) is 0 Å². The fourth-order valence-corrected chi connectivity index (χ4v) is 3.08. The van der Waals surface area contributed by atoms with Gasteiger partial charge in [0.1, 0.15) is 11.1 Å². The SMILES string of the molecule is Cc1ccc(CC(C#N)Sc2n[nH]c(-c3ccccc3F)n2)cc1. The molecule has 3 aromatic rings. The van der Waals surface area contributed by atoms with Crippen molar-refractivity contribution in [2.24, 2.45) is 0 Å². The predicted octanol–water partition coefficient (Wildman–Crippen LogP) is 4.15. The third-order valence-electron chi connectivity index (χ3n) is 3.53. The van der Waals surface area contributed by atoms with Crippen LogP contribution in [0.4, 0.5) is 4.39 Å². The zero-order valence-corrected chi connectivity index (χ0v) is 13.8. The Hall–Kier alpha value is -2.65. The molecule has 24 heavy (non-hydrogen) atoms. The molecule has 6 heteroatoms. The Balaban J connectivity index is 1.72. The molecule has 1 N–H and O–H groups in total. The van der Waals surface area contributed by atoms with Gasteiger partial charge in [0.25, 0.3) is 0 Å². The van der Waals surface area contributed by atoms with Crippen LogP contribution in [0.1, 0.15) is 11.1 Å². The number of halogens is 1. The Morgan fingerprint density at radius 2 is 1.96 bits per heavy atom. The lowest BCUT2D eigenvalue weighted by Gasteiger charge is -2.06. The number of aryl methyl sites for hydroxylation is 1. The van der Waals surface area contributed by atoms with Crippen molar-refractivity contribution in [3.05, 3.63) is 65.5 Å². The highest BCUT2D eigenvalue weighted by molar-refractivity contribution is 8.00. The summed E-state index contributed by atoms with van der Waals surface area (Å²) in [6.07, 6.45) is 0.602. The fourth-order valence-electron chi connectivity index (χ4n) is 2.25. The standard InChI is InChI=1S/C18H15FN4S/c1-12-6-8-13(9-7-12)10-14(11-20)24-18-21-17(22-23-18)15-4-2-3-5-16(15)19/h2-9,14H,10H2,1H3,(H,21,22,23). The minimum atomic E-state index is -0.360. The highest BCUT2D eigenvalue weighted by atomic mass is 32.2. The second kappa shape index (κ2) is 7.28. The third kappa shape index (κ3) is 3.81. The largest absolute Gasteiger partial charge is 0.258 e. The van der Waals surface area contributed by atoms with E-state index in [1.54, 1.807) is 18.2 Å². The maximum absolute atomic E-state index is 13.8. The van der Waals surface area contributed by atoms with Gasteiger partial charge in [0.05, 0.1) is 11.6 Å². The molecule has 0 aliphatic rings. The fraction of sp³-hybridized carbons (Fsp3) is 0.167. The van der Waals surface area contributed by atoms with Crippen molar-refractivity contribution in [1.82, 2.24) is 15.2 Å². The number of benzene rings is 2. The van der Waals surface area contributed by atoms with E-state index in [1.165, 1.54) is 23.4 Å². The number of nitrogens with one attached hydrogen (secondary N) is 1. The second-order valence-corrected chi connectivity index (χ2v) is 6.54. The highest BCUT2D eigenvalue weighted by Crippen LogP contribution is 2.25. The first-order valence-corrected chi connectivity index (χ1v) is 8.33. The number of nitriles is 1. The van der Waals surface area contributed by atoms with Crippen molar-refractivity contribution in [2.45, 2.75) is 23.8 Å². The lowest BCUT2D eigenvalue weighted by molar-refractivity contribution is 0.630. The molecule has 4 nitrogen and oxygen atoms in total. The van der Waals surface area contributed by atoms with Crippen molar-refractivity contribution < 1.29 is 4.39 Å². The lowest BCUT2D eigenvalue weighted by atomic mass is 10.1. The molecule has 0 saturated carbocycles.